The van der Waals surface area contributed by atoms with Crippen LogP contribution >= 0.6 is 11.3 Å². The fourth-order valence-corrected chi connectivity index (χ4v) is 3.59. The molecule has 0 spiro atoms. The monoisotopic (exact) mass is 373 g/mol. The number of aromatic nitrogens is 1. The van der Waals surface area contributed by atoms with E-state index in [1.807, 2.05) is 23.6 Å². The molecule has 0 saturated heterocycles. The molecule has 0 unspecified atom stereocenters. The molecule has 3 rings (SSSR count). The van der Waals surface area contributed by atoms with Crippen molar-refractivity contribution in [2.24, 2.45) is 0 Å². The topological polar surface area (TPSA) is 107 Å². The van der Waals surface area contributed by atoms with E-state index in [-0.39, 0.29) is 19.1 Å². The third-order valence-corrected chi connectivity index (χ3v) is 4.84. The predicted octanol–water partition coefficient (Wildman–Crippen LogP) is 2.19. The number of pyridine rings is 1. The third-order valence-electron chi connectivity index (χ3n) is 3.78. The van der Waals surface area contributed by atoms with Gasteiger partial charge in [0.1, 0.15) is 23.9 Å². The number of carbonyl (C=O) groups is 1. The zero-order chi connectivity index (χ0) is 18.5. The number of rotatable bonds is 7. The maximum Gasteiger partial charge on any atom is 0.254 e. The smallest absolute Gasteiger partial charge is 0.254 e. The summed E-state index contributed by atoms with van der Waals surface area (Å²) >= 11 is 1.41. The molecule has 7 nitrogen and oxygen atoms in total. The quantitative estimate of drug-likeness (QED) is 0.586. The number of nitrogens with one attached hydrogen (secondary N) is 1. The molecule has 1 aromatic carbocycles. The Labute approximate surface area is 154 Å². The lowest BCUT2D eigenvalue weighted by Crippen LogP contribution is -2.26. The Morgan fingerprint density at radius 2 is 2.19 bits per heavy atom. The van der Waals surface area contributed by atoms with Crippen LogP contribution in [-0.2, 0) is 6.61 Å². The Bertz CT molecular complexity index is 926. The van der Waals surface area contributed by atoms with Crippen LogP contribution in [0.5, 0.6) is 11.5 Å². The predicted molar refractivity (Wildman–Crippen MR) is 101 cm³/mol. The van der Waals surface area contributed by atoms with Crippen LogP contribution in [0, 0.1) is 0 Å². The Hall–Kier alpha value is -2.84. The second-order valence-electron chi connectivity index (χ2n) is 5.47. The maximum atomic E-state index is 12.2. The minimum atomic E-state index is -0.293. The minimum Gasteiger partial charge on any atom is -0.497 e. The SMILES string of the molecule is COc1cccc(OCc2csc3c(C(=O)NCCO)cnc(N)c23)c1. The van der Waals surface area contributed by atoms with Gasteiger partial charge in [-0.05, 0) is 17.5 Å². The first-order chi connectivity index (χ1) is 12.6. The van der Waals surface area contributed by atoms with Gasteiger partial charge in [-0.3, -0.25) is 4.79 Å². The molecule has 26 heavy (non-hydrogen) atoms. The summed E-state index contributed by atoms with van der Waals surface area (Å²) in [6.07, 6.45) is 1.45. The van der Waals surface area contributed by atoms with Crippen molar-refractivity contribution in [1.29, 1.82) is 0 Å². The van der Waals surface area contributed by atoms with Gasteiger partial charge in [0.25, 0.3) is 5.91 Å². The van der Waals surface area contributed by atoms with E-state index >= 15 is 0 Å². The highest BCUT2D eigenvalue weighted by Crippen LogP contribution is 2.33. The number of nitrogen functional groups attached to an aromatic ring is 1. The van der Waals surface area contributed by atoms with Crippen LogP contribution in [0.25, 0.3) is 10.1 Å². The van der Waals surface area contributed by atoms with E-state index in [9.17, 15) is 4.79 Å². The largest absolute Gasteiger partial charge is 0.497 e. The number of aliphatic hydroxyl groups is 1. The molecule has 0 aliphatic heterocycles. The van der Waals surface area contributed by atoms with Crippen LogP contribution in [0.4, 0.5) is 5.82 Å². The number of anilines is 1. The number of fused-ring (bicyclic) bond motifs is 1. The van der Waals surface area contributed by atoms with Crippen LogP contribution in [0.3, 0.4) is 0 Å². The van der Waals surface area contributed by atoms with Crippen molar-refractivity contribution >= 4 is 33.1 Å². The highest BCUT2D eigenvalue weighted by Gasteiger charge is 2.17. The van der Waals surface area contributed by atoms with E-state index < -0.39 is 0 Å². The zero-order valence-electron chi connectivity index (χ0n) is 14.2. The Morgan fingerprint density at radius 1 is 1.38 bits per heavy atom. The number of aliphatic hydroxyl groups excluding tert-OH is 1. The zero-order valence-corrected chi connectivity index (χ0v) is 15.0. The highest BCUT2D eigenvalue weighted by atomic mass is 32.1. The molecule has 0 aliphatic carbocycles. The number of nitrogens with zero attached hydrogens (tertiary/aromatic N) is 1. The molecule has 0 fully saturated rings. The number of amides is 1. The van der Waals surface area contributed by atoms with Crippen LogP contribution in [0.1, 0.15) is 15.9 Å². The summed E-state index contributed by atoms with van der Waals surface area (Å²) in [5.41, 5.74) is 7.32. The van der Waals surface area contributed by atoms with Crippen molar-refractivity contribution in [3.8, 4) is 11.5 Å². The summed E-state index contributed by atoms with van der Waals surface area (Å²) in [4.78, 5) is 16.4. The molecule has 1 amide bonds. The first-order valence-electron chi connectivity index (χ1n) is 7.94. The molecule has 3 aromatic rings. The second-order valence-corrected chi connectivity index (χ2v) is 6.35. The number of methoxy groups -OCH3 is 1. The number of nitrogens with two attached hydrogens (primary N) is 1. The number of hydrogen-bond acceptors (Lipinski definition) is 7. The van der Waals surface area contributed by atoms with E-state index in [0.717, 1.165) is 15.6 Å². The Balaban J connectivity index is 1.86. The van der Waals surface area contributed by atoms with Crippen molar-refractivity contribution in [1.82, 2.24) is 10.3 Å². The average molecular weight is 373 g/mol. The molecule has 0 saturated carbocycles. The molecule has 0 bridgehead atoms. The van der Waals surface area contributed by atoms with Gasteiger partial charge >= 0.3 is 0 Å². The minimum absolute atomic E-state index is 0.124. The summed E-state index contributed by atoms with van der Waals surface area (Å²) in [6.45, 7) is 0.351. The molecule has 0 atom stereocenters. The van der Waals surface area contributed by atoms with Gasteiger partial charge < -0.3 is 25.6 Å². The van der Waals surface area contributed by atoms with Gasteiger partial charge in [-0.2, -0.15) is 0 Å². The number of thiophene rings is 1. The summed E-state index contributed by atoms with van der Waals surface area (Å²) in [5.74, 6) is 1.44. The second kappa shape index (κ2) is 8.03. The van der Waals surface area contributed by atoms with Gasteiger partial charge in [0, 0.05) is 29.8 Å². The summed E-state index contributed by atoms with van der Waals surface area (Å²) < 4.78 is 11.8. The molecule has 0 radical (unpaired) electrons. The van der Waals surface area contributed by atoms with Crippen LogP contribution in [0.2, 0.25) is 0 Å². The molecule has 2 heterocycles. The molecular weight excluding hydrogens is 354 g/mol. The van der Waals surface area contributed by atoms with Gasteiger partial charge in [0.2, 0.25) is 0 Å². The maximum absolute atomic E-state index is 12.2. The normalized spacial score (nSPS) is 10.7. The Kier molecular flexibility index (Phi) is 5.55. The van der Waals surface area contributed by atoms with Gasteiger partial charge in [-0.1, -0.05) is 6.07 Å². The van der Waals surface area contributed by atoms with Crippen LogP contribution in [-0.4, -0.2) is 36.3 Å². The van der Waals surface area contributed by atoms with E-state index in [1.54, 1.807) is 13.2 Å². The molecular formula is C18H19N3O4S. The fraction of sp³-hybridized carbons (Fsp3) is 0.222. The van der Waals surface area contributed by atoms with Gasteiger partial charge in [-0.15, -0.1) is 11.3 Å². The Morgan fingerprint density at radius 3 is 2.96 bits per heavy atom. The number of carbonyl (C=O) groups excluding carboxylic acids is 1. The standard InChI is InChI=1S/C18H19N3O4S/c1-24-12-3-2-4-13(7-12)25-9-11-10-26-16-14(18(23)20-5-6-22)8-21-17(19)15(11)16/h2-4,7-8,10,22H,5-6,9H2,1H3,(H2,19,21)(H,20,23). The molecule has 0 aliphatic rings. The fourth-order valence-electron chi connectivity index (χ4n) is 2.51. The number of benzene rings is 1. The number of hydrogen-bond donors (Lipinski definition) is 3. The average Bonchev–Trinajstić information content (AvgIpc) is 3.10. The summed E-state index contributed by atoms with van der Waals surface area (Å²) in [5, 5.41) is 14.1. The lowest BCUT2D eigenvalue weighted by molar-refractivity contribution is 0.0946. The first-order valence-corrected chi connectivity index (χ1v) is 8.82. The lowest BCUT2D eigenvalue weighted by Gasteiger charge is -2.09. The number of ether oxygens (including phenoxy) is 2. The van der Waals surface area contributed by atoms with Gasteiger partial charge in [0.15, 0.2) is 0 Å². The van der Waals surface area contributed by atoms with Crippen molar-refractivity contribution in [3.05, 3.63) is 47.0 Å². The lowest BCUT2D eigenvalue weighted by atomic mass is 10.1. The molecule has 8 heteroatoms. The third kappa shape index (κ3) is 3.71. The van der Waals surface area contributed by atoms with Crippen molar-refractivity contribution < 1.29 is 19.4 Å². The van der Waals surface area contributed by atoms with E-state index in [4.69, 9.17) is 20.3 Å². The molecule has 136 valence electrons. The van der Waals surface area contributed by atoms with Gasteiger partial charge in [-0.25, -0.2) is 4.98 Å². The van der Waals surface area contributed by atoms with E-state index in [0.29, 0.717) is 29.5 Å². The van der Waals surface area contributed by atoms with Gasteiger partial charge in [0.05, 0.1) is 24.0 Å². The van der Waals surface area contributed by atoms with Crippen molar-refractivity contribution in [3.63, 3.8) is 0 Å². The summed E-state index contributed by atoms with van der Waals surface area (Å²) in [6, 6.07) is 7.32. The van der Waals surface area contributed by atoms with Crippen LogP contribution < -0.4 is 20.5 Å². The van der Waals surface area contributed by atoms with E-state index in [2.05, 4.69) is 10.3 Å². The molecule has 2 aromatic heterocycles. The van der Waals surface area contributed by atoms with Crippen molar-refractivity contribution in [2.75, 3.05) is 26.0 Å². The van der Waals surface area contributed by atoms with Crippen LogP contribution in [0.15, 0.2) is 35.8 Å². The first kappa shape index (κ1) is 18.0. The molecule has 4 N–H and O–H groups in total. The summed E-state index contributed by atoms with van der Waals surface area (Å²) in [7, 11) is 1.60. The van der Waals surface area contributed by atoms with E-state index in [1.165, 1.54) is 17.5 Å². The van der Waals surface area contributed by atoms with Crippen molar-refractivity contribution in [2.45, 2.75) is 6.61 Å². The highest BCUT2D eigenvalue weighted by molar-refractivity contribution is 7.17.